The van der Waals surface area contributed by atoms with Gasteiger partial charge in [-0.25, -0.2) is 0 Å². The van der Waals surface area contributed by atoms with E-state index in [0.717, 1.165) is 0 Å². The normalized spacial score (nSPS) is 10.1. The van der Waals surface area contributed by atoms with Crippen molar-refractivity contribution in [3.8, 4) is 0 Å². The van der Waals surface area contributed by atoms with Crippen LogP contribution in [0.5, 0.6) is 0 Å². The van der Waals surface area contributed by atoms with E-state index in [2.05, 4.69) is 10.6 Å². The maximum Gasteiger partial charge on any atom is 0.254 e. The molecule has 0 saturated heterocycles. The Morgan fingerprint density at radius 3 is 1.45 bits per heavy atom. The van der Waals surface area contributed by atoms with Crippen molar-refractivity contribution in [2.24, 2.45) is 0 Å². The summed E-state index contributed by atoms with van der Waals surface area (Å²) in [6.07, 6.45) is 0. The molecule has 20 heavy (non-hydrogen) atoms. The van der Waals surface area contributed by atoms with Crippen molar-refractivity contribution in [3.05, 3.63) is 16.3 Å². The predicted octanol–water partition coefficient (Wildman–Crippen LogP) is 3.80. The van der Waals surface area contributed by atoms with Gasteiger partial charge in [-0.15, -0.1) is 0 Å². The summed E-state index contributed by atoms with van der Waals surface area (Å²) in [5.41, 5.74) is 1.19. The van der Waals surface area contributed by atoms with Crippen LogP contribution in [0, 0.1) is 10.7 Å². The molecule has 1 rings (SSSR count). The number of amides is 2. The summed E-state index contributed by atoms with van der Waals surface area (Å²) in [5.74, 6) is -0.549. The maximum atomic E-state index is 11.6. The monoisotopic (exact) mass is 632 g/mol. The number of benzene rings is 1. The van der Waals surface area contributed by atoms with Crippen LogP contribution in [0.25, 0.3) is 0 Å². The quantitative estimate of drug-likeness (QED) is 0.394. The first-order valence-corrected chi connectivity index (χ1v) is 8.73. The standard InChI is InChI=1S/C11H8ClI3N2O3/c1-3(18)16-9-6(13)5(11(12)20)7(14)10(8(9)15)17-4(2)19/h1-2H3,(H,16,18)(H,17,19). The van der Waals surface area contributed by atoms with Crippen molar-refractivity contribution in [3.63, 3.8) is 0 Å². The lowest BCUT2D eigenvalue weighted by Gasteiger charge is -2.18. The van der Waals surface area contributed by atoms with E-state index in [1.807, 2.05) is 67.8 Å². The number of carbonyl (C=O) groups is 3. The molecule has 0 radical (unpaired) electrons. The largest absolute Gasteiger partial charge is 0.324 e. The van der Waals surface area contributed by atoms with Crippen LogP contribution in [0.3, 0.4) is 0 Å². The lowest BCUT2D eigenvalue weighted by atomic mass is 10.1. The fourth-order valence-corrected chi connectivity index (χ4v) is 6.11. The third-order valence-electron chi connectivity index (χ3n) is 2.12. The van der Waals surface area contributed by atoms with Crippen molar-refractivity contribution in [1.82, 2.24) is 0 Å². The highest BCUT2D eigenvalue weighted by Gasteiger charge is 2.24. The van der Waals surface area contributed by atoms with Crippen LogP contribution in [-0.2, 0) is 9.59 Å². The van der Waals surface area contributed by atoms with Gasteiger partial charge in [0.1, 0.15) is 0 Å². The molecule has 0 fully saturated rings. The van der Waals surface area contributed by atoms with Crippen molar-refractivity contribution in [1.29, 1.82) is 0 Å². The average Bonchev–Trinajstić information content (AvgIpc) is 2.29. The van der Waals surface area contributed by atoms with E-state index in [1.54, 1.807) is 0 Å². The van der Waals surface area contributed by atoms with E-state index in [0.29, 0.717) is 22.1 Å². The summed E-state index contributed by atoms with van der Waals surface area (Å²) in [5, 5.41) is 4.67. The van der Waals surface area contributed by atoms with Gasteiger partial charge in [-0.1, -0.05) is 0 Å². The molecule has 2 amide bonds. The summed E-state index contributed by atoms with van der Waals surface area (Å²) in [4.78, 5) is 34.2. The fraction of sp³-hybridized carbons (Fsp3) is 0.182. The second kappa shape index (κ2) is 7.54. The molecule has 1 aromatic rings. The summed E-state index contributed by atoms with van der Waals surface area (Å²) in [6.45, 7) is 2.73. The first-order valence-electron chi connectivity index (χ1n) is 5.12. The van der Waals surface area contributed by atoms with Crippen molar-refractivity contribution in [2.45, 2.75) is 13.8 Å². The van der Waals surface area contributed by atoms with Crippen LogP contribution < -0.4 is 10.6 Å². The zero-order valence-corrected chi connectivity index (χ0v) is 17.5. The van der Waals surface area contributed by atoms with Crippen LogP contribution in [0.2, 0.25) is 0 Å². The zero-order chi connectivity index (χ0) is 15.6. The van der Waals surface area contributed by atoms with Crippen molar-refractivity contribution >= 4 is 108 Å². The molecule has 0 spiro atoms. The Bertz CT molecular complexity index is 576. The van der Waals surface area contributed by atoms with Gasteiger partial charge in [0, 0.05) is 13.8 Å². The molecule has 0 aromatic heterocycles. The van der Waals surface area contributed by atoms with Crippen LogP contribution in [0.4, 0.5) is 11.4 Å². The highest BCUT2D eigenvalue weighted by atomic mass is 127. The molecule has 0 bridgehead atoms. The SMILES string of the molecule is CC(=O)Nc1c(I)c(NC(C)=O)c(I)c(C(=O)Cl)c1I. The van der Waals surface area contributed by atoms with E-state index in [9.17, 15) is 14.4 Å². The highest BCUT2D eigenvalue weighted by molar-refractivity contribution is 14.1. The van der Waals surface area contributed by atoms with E-state index in [1.165, 1.54) is 13.8 Å². The summed E-state index contributed by atoms with van der Waals surface area (Å²) in [6, 6.07) is 0. The number of hydrogen-bond acceptors (Lipinski definition) is 3. The van der Waals surface area contributed by atoms with Gasteiger partial charge in [0.05, 0.1) is 27.6 Å². The van der Waals surface area contributed by atoms with Gasteiger partial charge in [-0.2, -0.15) is 0 Å². The van der Waals surface area contributed by atoms with Gasteiger partial charge in [0.2, 0.25) is 11.8 Å². The molecular weight excluding hydrogens is 624 g/mol. The molecule has 0 heterocycles. The lowest BCUT2D eigenvalue weighted by molar-refractivity contribution is -0.115. The van der Waals surface area contributed by atoms with Gasteiger partial charge in [0.15, 0.2) is 0 Å². The van der Waals surface area contributed by atoms with Gasteiger partial charge in [-0.05, 0) is 79.4 Å². The Hall–Kier alpha value is 0.310. The molecule has 0 saturated carbocycles. The third kappa shape index (κ3) is 4.16. The molecule has 2 N–H and O–H groups in total. The summed E-state index contributed by atoms with van der Waals surface area (Å²) in [7, 11) is 0. The first-order chi connectivity index (χ1) is 9.16. The molecule has 108 valence electrons. The Morgan fingerprint density at radius 1 is 0.850 bits per heavy atom. The molecule has 0 atom stereocenters. The minimum Gasteiger partial charge on any atom is -0.324 e. The number of anilines is 2. The molecule has 0 aliphatic heterocycles. The van der Waals surface area contributed by atoms with E-state index < -0.39 is 5.24 Å². The van der Waals surface area contributed by atoms with Gasteiger partial charge in [-0.3, -0.25) is 14.4 Å². The van der Waals surface area contributed by atoms with Crippen molar-refractivity contribution < 1.29 is 14.4 Å². The van der Waals surface area contributed by atoms with Crippen LogP contribution in [0.1, 0.15) is 24.2 Å². The molecule has 0 aliphatic rings. The molecule has 1 aromatic carbocycles. The molecular formula is C11H8ClI3N2O3. The second-order valence-electron chi connectivity index (χ2n) is 3.70. The van der Waals surface area contributed by atoms with Crippen LogP contribution in [0.15, 0.2) is 0 Å². The maximum absolute atomic E-state index is 11.6. The predicted molar refractivity (Wildman–Crippen MR) is 103 cm³/mol. The van der Waals surface area contributed by atoms with Gasteiger partial charge in [0.25, 0.3) is 5.24 Å². The van der Waals surface area contributed by atoms with E-state index in [4.69, 9.17) is 11.6 Å². The van der Waals surface area contributed by atoms with Gasteiger partial charge >= 0.3 is 0 Å². The third-order valence-corrected chi connectivity index (χ3v) is 5.54. The number of rotatable bonds is 3. The topological polar surface area (TPSA) is 75.3 Å². The Morgan fingerprint density at radius 2 is 1.20 bits per heavy atom. The second-order valence-corrected chi connectivity index (χ2v) is 7.28. The van der Waals surface area contributed by atoms with Crippen molar-refractivity contribution in [2.75, 3.05) is 10.6 Å². The van der Waals surface area contributed by atoms with Gasteiger partial charge < -0.3 is 10.6 Å². The number of carbonyl (C=O) groups excluding carboxylic acids is 3. The minimum absolute atomic E-state index is 0.265. The Labute approximate surface area is 161 Å². The number of hydrogen-bond donors (Lipinski definition) is 2. The number of nitrogens with one attached hydrogen (secondary N) is 2. The highest BCUT2D eigenvalue weighted by Crippen LogP contribution is 2.39. The molecule has 5 nitrogen and oxygen atoms in total. The molecule has 9 heteroatoms. The average molecular weight is 632 g/mol. The first kappa shape index (κ1) is 18.4. The molecule has 0 aliphatic carbocycles. The zero-order valence-electron chi connectivity index (χ0n) is 10.2. The Kier molecular flexibility index (Phi) is 6.92. The summed E-state index contributed by atoms with van der Waals surface area (Å²) < 4.78 is 1.73. The minimum atomic E-state index is -0.645. The van der Waals surface area contributed by atoms with E-state index >= 15 is 0 Å². The number of halogens is 4. The lowest BCUT2D eigenvalue weighted by Crippen LogP contribution is -2.17. The fourth-order valence-electron chi connectivity index (χ4n) is 1.41. The molecule has 0 unspecified atom stereocenters. The van der Waals surface area contributed by atoms with Crippen LogP contribution >= 0.6 is 79.4 Å². The van der Waals surface area contributed by atoms with Crippen LogP contribution in [-0.4, -0.2) is 17.1 Å². The Balaban J connectivity index is 3.68. The smallest absolute Gasteiger partial charge is 0.254 e. The summed E-state index contributed by atoms with van der Waals surface area (Å²) >= 11 is 11.5. The van der Waals surface area contributed by atoms with E-state index in [-0.39, 0.29) is 17.4 Å².